The van der Waals surface area contributed by atoms with Crippen LogP contribution >= 0.6 is 11.3 Å². The summed E-state index contributed by atoms with van der Waals surface area (Å²) < 4.78 is 6.85. The Morgan fingerprint density at radius 3 is 2.73 bits per heavy atom. The predicted octanol–water partition coefficient (Wildman–Crippen LogP) is 0.136. The van der Waals surface area contributed by atoms with Crippen LogP contribution in [0.5, 0.6) is 0 Å². The normalized spacial score (nSPS) is 15.7. The molecule has 1 fully saturated rings. The quantitative estimate of drug-likeness (QED) is 0.564. The van der Waals surface area contributed by atoms with Crippen molar-refractivity contribution in [2.75, 3.05) is 19.9 Å². The fourth-order valence-electron chi connectivity index (χ4n) is 0.658. The van der Waals surface area contributed by atoms with E-state index in [2.05, 4.69) is 5.32 Å². The number of rotatable bonds is 0. The number of thiazole rings is 1. The molecule has 1 saturated heterocycles. The third kappa shape index (κ3) is 4.08. The third-order valence-corrected chi connectivity index (χ3v) is 1.96. The third-order valence-electron chi connectivity index (χ3n) is 1.23. The van der Waals surface area contributed by atoms with Crippen LogP contribution in [0.1, 0.15) is 0 Å². The number of aromatic nitrogens is 1. The van der Waals surface area contributed by atoms with Gasteiger partial charge in [0.25, 0.3) is 0 Å². The van der Waals surface area contributed by atoms with Crippen LogP contribution in [0.3, 0.4) is 0 Å². The Morgan fingerprint density at radius 2 is 2.55 bits per heavy atom. The summed E-state index contributed by atoms with van der Waals surface area (Å²) >= 11 is 1.70. The molecule has 0 aliphatic carbocycles. The first-order chi connectivity index (χ1) is 5.39. The van der Waals surface area contributed by atoms with Crippen molar-refractivity contribution in [3.05, 3.63) is 17.1 Å². The van der Waals surface area contributed by atoms with Gasteiger partial charge in [-0.15, -0.1) is 0 Å². The number of aryl methyl sites for hydroxylation is 1. The zero-order valence-electron chi connectivity index (χ0n) is 6.62. The number of nitrogens with one attached hydrogen (secondary N) is 1. The highest BCUT2D eigenvalue weighted by Gasteiger charge is 1.92. The van der Waals surface area contributed by atoms with E-state index in [0.717, 1.165) is 19.9 Å². The number of hydrogen-bond acceptors (Lipinski definition) is 3. The molecule has 11 heavy (non-hydrogen) atoms. The summed E-state index contributed by atoms with van der Waals surface area (Å²) in [6.45, 7) is 2.67. The van der Waals surface area contributed by atoms with Crippen molar-refractivity contribution in [1.29, 1.82) is 0 Å². The van der Waals surface area contributed by atoms with Crippen LogP contribution in [0.15, 0.2) is 17.1 Å². The first-order valence-electron chi connectivity index (χ1n) is 3.55. The summed E-state index contributed by atoms with van der Waals surface area (Å²) in [5.41, 5.74) is 2.04. The van der Waals surface area contributed by atoms with E-state index in [1.165, 1.54) is 0 Å². The van der Waals surface area contributed by atoms with Gasteiger partial charge < -0.3 is 4.74 Å². The first kappa shape index (κ1) is 8.64. The minimum atomic E-state index is 0.750. The van der Waals surface area contributed by atoms with Crippen molar-refractivity contribution in [3.63, 3.8) is 0 Å². The Morgan fingerprint density at radius 1 is 1.64 bits per heavy atom. The zero-order chi connectivity index (χ0) is 7.94. The maximum atomic E-state index is 4.83. The number of nitrogens with zero attached hydrogens (tertiary/aromatic N) is 1. The van der Waals surface area contributed by atoms with Crippen LogP contribution in [0.4, 0.5) is 0 Å². The molecule has 0 aromatic carbocycles. The Kier molecular flexibility index (Phi) is 4.11. The lowest BCUT2D eigenvalue weighted by Gasteiger charge is -1.76. The van der Waals surface area contributed by atoms with Crippen LogP contribution in [-0.4, -0.2) is 19.9 Å². The van der Waals surface area contributed by atoms with E-state index >= 15 is 0 Å². The molecule has 0 radical (unpaired) electrons. The van der Waals surface area contributed by atoms with E-state index in [1.807, 2.05) is 28.7 Å². The lowest BCUT2D eigenvalue weighted by Crippen LogP contribution is -2.21. The SMILES string of the molecule is C1COCN1.C[n+]1ccsc1. The summed E-state index contributed by atoms with van der Waals surface area (Å²) in [4.78, 5) is 0. The molecule has 1 aromatic heterocycles. The second-order valence-electron chi connectivity index (χ2n) is 2.24. The molecule has 3 nitrogen and oxygen atoms in total. The molecule has 1 aliphatic rings. The Balaban J connectivity index is 0.000000112. The van der Waals surface area contributed by atoms with E-state index in [4.69, 9.17) is 4.74 Å². The van der Waals surface area contributed by atoms with Crippen LogP contribution < -0.4 is 9.88 Å². The minimum absolute atomic E-state index is 0.750. The van der Waals surface area contributed by atoms with Gasteiger partial charge in [0.15, 0.2) is 6.20 Å². The van der Waals surface area contributed by atoms with Gasteiger partial charge in [0.05, 0.1) is 18.7 Å². The molecular weight excluding hydrogens is 160 g/mol. The van der Waals surface area contributed by atoms with E-state index in [1.54, 1.807) is 11.3 Å². The molecule has 62 valence electrons. The lowest BCUT2D eigenvalue weighted by atomic mass is 10.7. The van der Waals surface area contributed by atoms with Crippen LogP contribution in [-0.2, 0) is 11.8 Å². The molecule has 0 spiro atoms. The fourth-order valence-corrected chi connectivity index (χ4v) is 1.25. The standard InChI is InChI=1S/C4H6NS.C3H7NO/c1-5-2-3-6-4-5;1-2-5-3-4-1/h2-4H,1H3;4H,1-3H2/q+1;. The van der Waals surface area contributed by atoms with Gasteiger partial charge in [-0.25, -0.2) is 0 Å². The van der Waals surface area contributed by atoms with Gasteiger partial charge in [0.2, 0.25) is 5.51 Å². The first-order valence-corrected chi connectivity index (χ1v) is 4.50. The highest BCUT2D eigenvalue weighted by Crippen LogP contribution is 1.83. The van der Waals surface area contributed by atoms with Gasteiger partial charge in [0, 0.05) is 6.54 Å². The van der Waals surface area contributed by atoms with Crippen LogP contribution in [0, 0.1) is 0 Å². The van der Waals surface area contributed by atoms with Gasteiger partial charge >= 0.3 is 0 Å². The Labute approximate surface area is 70.6 Å². The summed E-state index contributed by atoms with van der Waals surface area (Å²) in [6, 6.07) is 0. The smallest absolute Gasteiger partial charge is 0.224 e. The monoisotopic (exact) mass is 173 g/mol. The summed E-state index contributed by atoms with van der Waals surface area (Å²) in [7, 11) is 2.01. The van der Waals surface area contributed by atoms with Crippen molar-refractivity contribution in [1.82, 2.24) is 5.32 Å². The van der Waals surface area contributed by atoms with Crippen molar-refractivity contribution in [2.45, 2.75) is 0 Å². The molecule has 0 atom stereocenters. The second-order valence-corrected chi connectivity index (χ2v) is 3.00. The van der Waals surface area contributed by atoms with E-state index in [9.17, 15) is 0 Å². The van der Waals surface area contributed by atoms with Gasteiger partial charge in [-0.1, -0.05) is 11.3 Å². The summed E-state index contributed by atoms with van der Waals surface area (Å²) in [5, 5.41) is 5.04. The predicted molar refractivity (Wildman–Crippen MR) is 44.3 cm³/mol. The highest BCUT2D eigenvalue weighted by atomic mass is 32.1. The average molecular weight is 173 g/mol. The molecule has 0 saturated carbocycles. The maximum absolute atomic E-state index is 4.83. The Hall–Kier alpha value is -0.450. The second kappa shape index (κ2) is 5.23. The molecule has 4 heteroatoms. The largest absolute Gasteiger partial charge is 0.365 e. The van der Waals surface area contributed by atoms with Crippen molar-refractivity contribution in [3.8, 4) is 0 Å². The molecule has 1 aromatic rings. The van der Waals surface area contributed by atoms with Gasteiger partial charge in [-0.2, -0.15) is 4.57 Å². The molecule has 2 heterocycles. The van der Waals surface area contributed by atoms with Gasteiger partial charge in [0.1, 0.15) is 7.05 Å². The minimum Gasteiger partial charge on any atom is -0.365 e. The molecule has 1 aliphatic heterocycles. The summed E-state index contributed by atoms with van der Waals surface area (Å²) in [6.07, 6.45) is 2.02. The van der Waals surface area contributed by atoms with Crippen molar-refractivity contribution < 1.29 is 9.30 Å². The number of ether oxygens (including phenoxy) is 1. The van der Waals surface area contributed by atoms with Crippen LogP contribution in [0.2, 0.25) is 0 Å². The fraction of sp³-hybridized carbons (Fsp3) is 0.571. The van der Waals surface area contributed by atoms with Crippen molar-refractivity contribution in [2.24, 2.45) is 7.05 Å². The van der Waals surface area contributed by atoms with Crippen LogP contribution in [0.25, 0.3) is 0 Å². The molecule has 0 unspecified atom stereocenters. The molecular formula is C7H13N2OS+. The molecule has 0 amide bonds. The van der Waals surface area contributed by atoms with Crippen molar-refractivity contribution >= 4 is 11.3 Å². The van der Waals surface area contributed by atoms with Gasteiger partial charge in [-0.05, 0) is 0 Å². The highest BCUT2D eigenvalue weighted by molar-refractivity contribution is 7.07. The molecule has 2 rings (SSSR count). The molecule has 1 N–H and O–H groups in total. The molecule has 0 bridgehead atoms. The average Bonchev–Trinajstić information content (AvgIpc) is 2.57. The van der Waals surface area contributed by atoms with E-state index in [-0.39, 0.29) is 0 Å². The Bertz CT molecular complexity index is 165. The number of hydrogen-bond donors (Lipinski definition) is 1. The van der Waals surface area contributed by atoms with E-state index in [0.29, 0.717) is 0 Å². The van der Waals surface area contributed by atoms with Gasteiger partial charge in [-0.3, -0.25) is 5.32 Å². The van der Waals surface area contributed by atoms with E-state index < -0.39 is 0 Å². The topological polar surface area (TPSA) is 25.1 Å². The zero-order valence-corrected chi connectivity index (χ0v) is 7.43. The summed E-state index contributed by atoms with van der Waals surface area (Å²) in [5.74, 6) is 0. The lowest BCUT2D eigenvalue weighted by molar-refractivity contribution is -0.666. The maximum Gasteiger partial charge on any atom is 0.224 e.